The standard InChI is InChI=1S/C23H19N5O/c1-14-19(20-16(12-24)8-5-9-18(20)26-14)22-27-21(17-10-11-29-23(17)28-22)25-13-15-6-3-2-4-7-15/h2-9,26H,10-11,13H2,1H3,(H,25,27,28). The molecular formula is C23H19N5O. The van der Waals surface area contributed by atoms with Gasteiger partial charge in [-0.1, -0.05) is 36.4 Å². The summed E-state index contributed by atoms with van der Waals surface area (Å²) in [7, 11) is 0. The number of aromatic amines is 1. The number of aryl methyl sites for hydroxylation is 1. The van der Waals surface area contributed by atoms with E-state index in [0.29, 0.717) is 30.4 Å². The lowest BCUT2D eigenvalue weighted by Crippen LogP contribution is -2.06. The predicted molar refractivity (Wildman–Crippen MR) is 112 cm³/mol. The van der Waals surface area contributed by atoms with Gasteiger partial charge in [0.25, 0.3) is 0 Å². The summed E-state index contributed by atoms with van der Waals surface area (Å²) in [5.41, 5.74) is 5.46. The number of fused-ring (bicyclic) bond motifs is 2. The summed E-state index contributed by atoms with van der Waals surface area (Å²) in [6.45, 7) is 3.24. The fourth-order valence-electron chi connectivity index (χ4n) is 3.85. The average molecular weight is 381 g/mol. The highest BCUT2D eigenvalue weighted by atomic mass is 16.5. The summed E-state index contributed by atoms with van der Waals surface area (Å²) in [6, 6.07) is 18.1. The first kappa shape index (κ1) is 17.3. The molecule has 142 valence electrons. The van der Waals surface area contributed by atoms with Gasteiger partial charge in [0, 0.05) is 35.1 Å². The SMILES string of the molecule is Cc1[nH]c2cccc(C#N)c2c1-c1nc(NCc2ccccc2)c2c(n1)OCC2. The topological polar surface area (TPSA) is 86.6 Å². The maximum absolute atomic E-state index is 9.59. The zero-order chi connectivity index (χ0) is 19.8. The van der Waals surface area contributed by atoms with Gasteiger partial charge < -0.3 is 15.0 Å². The molecule has 2 aromatic heterocycles. The Balaban J connectivity index is 1.63. The lowest BCUT2D eigenvalue weighted by atomic mass is 10.0. The van der Waals surface area contributed by atoms with Crippen LogP contribution in [0.1, 0.15) is 22.4 Å². The summed E-state index contributed by atoms with van der Waals surface area (Å²) in [4.78, 5) is 12.9. The number of benzene rings is 2. The zero-order valence-electron chi connectivity index (χ0n) is 16.0. The van der Waals surface area contributed by atoms with Crippen molar-refractivity contribution in [2.75, 3.05) is 11.9 Å². The lowest BCUT2D eigenvalue weighted by molar-refractivity contribution is 0.345. The predicted octanol–water partition coefficient (Wildman–Crippen LogP) is 4.35. The molecule has 2 N–H and O–H groups in total. The molecule has 0 atom stereocenters. The van der Waals surface area contributed by atoms with Crippen molar-refractivity contribution in [2.45, 2.75) is 19.9 Å². The third-order valence-electron chi connectivity index (χ3n) is 5.22. The largest absolute Gasteiger partial charge is 0.477 e. The Hall–Kier alpha value is -3.85. The summed E-state index contributed by atoms with van der Waals surface area (Å²) in [5.74, 6) is 1.97. The molecule has 0 fully saturated rings. The first-order valence-electron chi connectivity index (χ1n) is 9.58. The summed E-state index contributed by atoms with van der Waals surface area (Å²) >= 11 is 0. The van der Waals surface area contributed by atoms with E-state index in [1.807, 2.05) is 43.3 Å². The van der Waals surface area contributed by atoms with E-state index in [-0.39, 0.29) is 0 Å². The van der Waals surface area contributed by atoms with Gasteiger partial charge in [0.1, 0.15) is 5.82 Å². The number of hydrogen-bond acceptors (Lipinski definition) is 5. The monoisotopic (exact) mass is 381 g/mol. The number of aromatic nitrogens is 3. The Morgan fingerprint density at radius 1 is 1.14 bits per heavy atom. The van der Waals surface area contributed by atoms with Gasteiger partial charge in [0.05, 0.1) is 23.8 Å². The van der Waals surface area contributed by atoms with Gasteiger partial charge in [0.2, 0.25) is 5.88 Å². The molecule has 6 nitrogen and oxygen atoms in total. The number of nitrogens with one attached hydrogen (secondary N) is 2. The number of H-pyrrole nitrogens is 1. The van der Waals surface area contributed by atoms with Crippen LogP contribution in [0, 0.1) is 18.3 Å². The molecule has 2 aromatic carbocycles. The highest BCUT2D eigenvalue weighted by Gasteiger charge is 2.24. The number of nitriles is 1. The molecule has 3 heterocycles. The summed E-state index contributed by atoms with van der Waals surface area (Å²) in [5, 5.41) is 13.9. The van der Waals surface area contributed by atoms with Crippen molar-refractivity contribution in [2.24, 2.45) is 0 Å². The normalized spacial score (nSPS) is 12.4. The van der Waals surface area contributed by atoms with Gasteiger partial charge in [-0.25, -0.2) is 4.98 Å². The minimum atomic E-state index is 0.563. The van der Waals surface area contributed by atoms with E-state index in [0.717, 1.165) is 40.0 Å². The van der Waals surface area contributed by atoms with Crippen LogP contribution in [0.15, 0.2) is 48.5 Å². The summed E-state index contributed by atoms with van der Waals surface area (Å²) < 4.78 is 5.77. The average Bonchev–Trinajstić information content (AvgIpc) is 3.35. The van der Waals surface area contributed by atoms with Crippen molar-refractivity contribution in [1.82, 2.24) is 15.0 Å². The van der Waals surface area contributed by atoms with E-state index in [9.17, 15) is 5.26 Å². The van der Waals surface area contributed by atoms with Gasteiger partial charge in [-0.15, -0.1) is 0 Å². The number of anilines is 1. The van der Waals surface area contributed by atoms with Crippen LogP contribution >= 0.6 is 0 Å². The van der Waals surface area contributed by atoms with Crippen molar-refractivity contribution in [3.8, 4) is 23.3 Å². The Kier molecular flexibility index (Phi) is 4.14. The third-order valence-corrected chi connectivity index (χ3v) is 5.22. The van der Waals surface area contributed by atoms with Crippen molar-refractivity contribution in [3.63, 3.8) is 0 Å². The molecule has 1 aliphatic rings. The summed E-state index contributed by atoms with van der Waals surface area (Å²) in [6.07, 6.45) is 0.781. The first-order chi connectivity index (χ1) is 14.2. The number of hydrogen-bond donors (Lipinski definition) is 2. The quantitative estimate of drug-likeness (QED) is 0.549. The lowest BCUT2D eigenvalue weighted by Gasteiger charge is -2.12. The molecule has 0 unspecified atom stereocenters. The van der Waals surface area contributed by atoms with E-state index < -0.39 is 0 Å². The number of ether oxygens (including phenoxy) is 1. The second-order valence-electron chi connectivity index (χ2n) is 7.08. The van der Waals surface area contributed by atoms with Crippen molar-refractivity contribution < 1.29 is 4.74 Å². The highest BCUT2D eigenvalue weighted by molar-refractivity contribution is 5.99. The fraction of sp³-hybridized carbons (Fsp3) is 0.174. The molecule has 4 aromatic rings. The molecule has 0 saturated heterocycles. The van der Waals surface area contributed by atoms with Gasteiger partial charge in [-0.05, 0) is 24.6 Å². The number of nitrogens with zero attached hydrogens (tertiary/aromatic N) is 3. The van der Waals surface area contributed by atoms with Crippen LogP contribution in [0.4, 0.5) is 5.82 Å². The minimum Gasteiger partial charge on any atom is -0.477 e. The molecule has 0 spiro atoms. The molecule has 0 aliphatic carbocycles. The van der Waals surface area contributed by atoms with Crippen molar-refractivity contribution in [1.29, 1.82) is 5.26 Å². The smallest absolute Gasteiger partial charge is 0.222 e. The molecular weight excluding hydrogens is 362 g/mol. The van der Waals surface area contributed by atoms with Gasteiger partial charge in [-0.3, -0.25) is 0 Å². The second-order valence-corrected chi connectivity index (χ2v) is 7.08. The van der Waals surface area contributed by atoms with Crippen LogP contribution in [0.3, 0.4) is 0 Å². The molecule has 5 rings (SSSR count). The van der Waals surface area contributed by atoms with Crippen molar-refractivity contribution >= 4 is 16.7 Å². The van der Waals surface area contributed by atoms with Crippen molar-refractivity contribution in [3.05, 3.63) is 70.9 Å². The molecule has 6 heteroatoms. The second kappa shape index (κ2) is 6.95. The first-order valence-corrected chi connectivity index (χ1v) is 9.58. The Bertz CT molecular complexity index is 1250. The number of rotatable bonds is 4. The molecule has 0 bridgehead atoms. The van der Waals surface area contributed by atoms with E-state index >= 15 is 0 Å². The van der Waals surface area contributed by atoms with Crippen LogP contribution < -0.4 is 10.1 Å². The molecule has 0 radical (unpaired) electrons. The van der Waals surface area contributed by atoms with E-state index in [1.165, 1.54) is 5.56 Å². The van der Waals surface area contributed by atoms with Crippen LogP contribution in [0.5, 0.6) is 5.88 Å². The fourth-order valence-corrected chi connectivity index (χ4v) is 3.85. The molecule has 0 saturated carbocycles. The van der Waals surface area contributed by atoms with Crippen LogP contribution in [0.2, 0.25) is 0 Å². The highest BCUT2D eigenvalue weighted by Crippen LogP contribution is 2.37. The van der Waals surface area contributed by atoms with Crippen LogP contribution in [0.25, 0.3) is 22.3 Å². The molecule has 1 aliphatic heterocycles. The zero-order valence-corrected chi connectivity index (χ0v) is 16.0. The van der Waals surface area contributed by atoms with E-state index in [4.69, 9.17) is 14.7 Å². The molecule has 29 heavy (non-hydrogen) atoms. The third kappa shape index (κ3) is 2.97. The molecule has 0 amide bonds. The van der Waals surface area contributed by atoms with Gasteiger partial charge in [0.15, 0.2) is 5.82 Å². The minimum absolute atomic E-state index is 0.563. The maximum atomic E-state index is 9.59. The van der Waals surface area contributed by atoms with E-state index in [2.05, 4.69) is 28.5 Å². The van der Waals surface area contributed by atoms with Gasteiger partial charge >= 0.3 is 0 Å². The maximum Gasteiger partial charge on any atom is 0.222 e. The van der Waals surface area contributed by atoms with Crippen LogP contribution in [-0.2, 0) is 13.0 Å². The Labute approximate surface area is 168 Å². The Morgan fingerprint density at radius 3 is 2.83 bits per heavy atom. The Morgan fingerprint density at radius 2 is 2.00 bits per heavy atom. The van der Waals surface area contributed by atoms with E-state index in [1.54, 1.807) is 0 Å². The van der Waals surface area contributed by atoms with Gasteiger partial charge in [-0.2, -0.15) is 10.2 Å². The van der Waals surface area contributed by atoms with Crippen LogP contribution in [-0.4, -0.2) is 21.6 Å².